The zero-order chi connectivity index (χ0) is 9.97. The molecule has 2 N–H and O–H groups in total. The van der Waals surface area contributed by atoms with Crippen molar-refractivity contribution in [2.24, 2.45) is 0 Å². The summed E-state index contributed by atoms with van der Waals surface area (Å²) in [5, 5.41) is 1.27. The highest BCUT2D eigenvalue weighted by Crippen LogP contribution is 2.30. The number of rotatable bonds is 1. The molecule has 0 bridgehead atoms. The lowest BCUT2D eigenvalue weighted by molar-refractivity contribution is 0.821. The molecule has 3 nitrogen and oxygen atoms in total. The van der Waals surface area contributed by atoms with Gasteiger partial charge in [-0.25, -0.2) is 0 Å². The van der Waals surface area contributed by atoms with E-state index in [1.807, 2.05) is 11.8 Å². The maximum absolute atomic E-state index is 5.75. The first kappa shape index (κ1) is 10.1. The quantitative estimate of drug-likeness (QED) is 0.799. The van der Waals surface area contributed by atoms with Crippen molar-refractivity contribution in [2.45, 2.75) is 13.3 Å². The van der Waals surface area contributed by atoms with E-state index in [2.05, 4.69) is 16.2 Å². The predicted molar refractivity (Wildman–Crippen MR) is 65.4 cm³/mol. The Morgan fingerprint density at radius 2 is 2.21 bits per heavy atom. The molecule has 0 atom stereocenters. The average molecular weight is 229 g/mol. The van der Waals surface area contributed by atoms with Gasteiger partial charge in [0.2, 0.25) is 0 Å². The van der Waals surface area contributed by atoms with E-state index in [1.54, 1.807) is 0 Å². The van der Waals surface area contributed by atoms with Crippen LogP contribution in [0.3, 0.4) is 0 Å². The van der Waals surface area contributed by atoms with Crippen LogP contribution in [0.15, 0.2) is 0 Å². The third-order valence-electron chi connectivity index (χ3n) is 2.44. The fourth-order valence-corrected chi connectivity index (χ4v) is 3.33. The number of hydrogen-bond acceptors (Lipinski definition) is 5. The predicted octanol–water partition coefficient (Wildman–Crippen LogP) is 1.98. The minimum atomic E-state index is 0.696. The number of anilines is 2. The Bertz CT molecular complexity index is 303. The lowest BCUT2D eigenvalue weighted by Gasteiger charge is -2.20. The Hall–Kier alpha value is -0.420. The van der Waals surface area contributed by atoms with Gasteiger partial charge in [-0.3, -0.25) is 0 Å². The maximum atomic E-state index is 5.75. The number of aromatic nitrogens is 1. The summed E-state index contributed by atoms with van der Waals surface area (Å²) in [5.74, 6) is 3.20. The minimum Gasteiger partial charge on any atom is -0.383 e. The van der Waals surface area contributed by atoms with Crippen molar-refractivity contribution >= 4 is 34.1 Å². The van der Waals surface area contributed by atoms with Crippen molar-refractivity contribution in [3.05, 3.63) is 5.56 Å². The van der Waals surface area contributed by atoms with Crippen LogP contribution in [0.5, 0.6) is 0 Å². The molecule has 0 unspecified atom stereocenters. The Morgan fingerprint density at radius 1 is 1.36 bits per heavy atom. The Balaban J connectivity index is 2.16. The van der Waals surface area contributed by atoms with Crippen molar-refractivity contribution in [3.8, 4) is 0 Å². The van der Waals surface area contributed by atoms with Gasteiger partial charge in [-0.1, -0.05) is 0 Å². The third kappa shape index (κ3) is 1.98. The monoisotopic (exact) mass is 229 g/mol. The Labute approximate surface area is 92.8 Å². The van der Waals surface area contributed by atoms with E-state index in [0.717, 1.165) is 18.7 Å². The molecule has 1 aliphatic heterocycles. The maximum Gasteiger partial charge on any atom is 0.142 e. The smallest absolute Gasteiger partial charge is 0.142 e. The second-order valence-corrected chi connectivity index (χ2v) is 5.43. The van der Waals surface area contributed by atoms with E-state index in [9.17, 15) is 0 Å². The molecule has 0 aliphatic carbocycles. The van der Waals surface area contributed by atoms with Crippen molar-refractivity contribution in [2.75, 3.05) is 35.2 Å². The van der Waals surface area contributed by atoms with Crippen LogP contribution in [0.2, 0.25) is 0 Å². The average Bonchev–Trinajstić information content (AvgIpc) is 2.47. The van der Waals surface area contributed by atoms with Crippen LogP contribution in [0, 0.1) is 6.92 Å². The van der Waals surface area contributed by atoms with Crippen LogP contribution in [-0.4, -0.2) is 29.0 Å². The van der Waals surface area contributed by atoms with E-state index >= 15 is 0 Å². The Kier molecular flexibility index (Phi) is 3.18. The molecule has 1 fully saturated rings. The van der Waals surface area contributed by atoms with Gasteiger partial charge in [0.1, 0.15) is 10.8 Å². The van der Waals surface area contributed by atoms with Gasteiger partial charge in [-0.15, -0.1) is 0 Å². The van der Waals surface area contributed by atoms with Crippen molar-refractivity contribution in [1.82, 2.24) is 4.37 Å². The molecule has 0 radical (unpaired) electrons. The normalized spacial score (nSPS) is 18.2. The summed E-state index contributed by atoms with van der Waals surface area (Å²) >= 11 is 3.57. The van der Waals surface area contributed by atoms with Gasteiger partial charge in [0.05, 0.1) is 0 Å². The summed E-state index contributed by atoms with van der Waals surface area (Å²) in [6.07, 6.45) is 1.27. The van der Waals surface area contributed by atoms with E-state index in [4.69, 9.17) is 5.73 Å². The molecule has 1 aromatic heterocycles. The lowest BCUT2D eigenvalue weighted by atomic mass is 10.3. The minimum absolute atomic E-state index is 0.696. The van der Waals surface area contributed by atoms with E-state index in [1.165, 1.54) is 34.5 Å². The molecule has 5 heteroatoms. The molecule has 0 amide bonds. The number of hydrogen-bond donors (Lipinski definition) is 1. The van der Waals surface area contributed by atoms with Crippen LogP contribution >= 0.6 is 23.3 Å². The van der Waals surface area contributed by atoms with Gasteiger partial charge < -0.3 is 10.6 Å². The molecule has 78 valence electrons. The number of nitrogens with two attached hydrogens (primary N) is 1. The molecule has 1 aromatic rings. The van der Waals surface area contributed by atoms with Crippen LogP contribution in [0.4, 0.5) is 10.8 Å². The molecule has 1 aliphatic rings. The molecule has 1 saturated heterocycles. The van der Waals surface area contributed by atoms with Gasteiger partial charge in [-0.05, 0) is 30.6 Å². The number of thioether (sulfide) groups is 1. The summed E-state index contributed by atoms with van der Waals surface area (Å²) in [5.41, 5.74) is 6.91. The number of nitrogens with zero attached hydrogens (tertiary/aromatic N) is 2. The molecule has 14 heavy (non-hydrogen) atoms. The summed E-state index contributed by atoms with van der Waals surface area (Å²) < 4.78 is 4.19. The standard InChI is InChI=1S/C9H15N3S2/c1-7-8(10)11-14-9(7)12-3-2-5-13-6-4-12/h2-6H2,1H3,(H2,10,11). The zero-order valence-corrected chi connectivity index (χ0v) is 9.96. The fourth-order valence-electron chi connectivity index (χ4n) is 1.58. The van der Waals surface area contributed by atoms with Crippen LogP contribution < -0.4 is 10.6 Å². The van der Waals surface area contributed by atoms with Crippen LogP contribution in [0.1, 0.15) is 12.0 Å². The third-order valence-corrected chi connectivity index (χ3v) is 4.52. The van der Waals surface area contributed by atoms with E-state index in [-0.39, 0.29) is 0 Å². The van der Waals surface area contributed by atoms with Crippen molar-refractivity contribution in [1.29, 1.82) is 0 Å². The first-order valence-corrected chi connectivity index (χ1v) is 6.76. The first-order chi connectivity index (χ1) is 6.79. The molecule has 0 saturated carbocycles. The topological polar surface area (TPSA) is 42.1 Å². The molecule has 0 aromatic carbocycles. The summed E-state index contributed by atoms with van der Waals surface area (Å²) in [7, 11) is 0. The molecule has 0 spiro atoms. The summed E-state index contributed by atoms with van der Waals surface area (Å²) in [6.45, 7) is 4.34. The van der Waals surface area contributed by atoms with Gasteiger partial charge in [0.25, 0.3) is 0 Å². The molecular formula is C9H15N3S2. The summed E-state index contributed by atoms with van der Waals surface area (Å²) in [4.78, 5) is 2.42. The van der Waals surface area contributed by atoms with E-state index < -0.39 is 0 Å². The van der Waals surface area contributed by atoms with Crippen LogP contribution in [-0.2, 0) is 0 Å². The largest absolute Gasteiger partial charge is 0.383 e. The van der Waals surface area contributed by atoms with Crippen molar-refractivity contribution < 1.29 is 0 Å². The highest BCUT2D eigenvalue weighted by atomic mass is 32.2. The Morgan fingerprint density at radius 3 is 2.93 bits per heavy atom. The molecule has 2 heterocycles. The number of nitrogen functional groups attached to an aromatic ring is 1. The highest BCUT2D eigenvalue weighted by molar-refractivity contribution is 7.99. The molecule has 2 rings (SSSR count). The van der Waals surface area contributed by atoms with Gasteiger partial charge in [0, 0.05) is 24.4 Å². The van der Waals surface area contributed by atoms with Gasteiger partial charge in [0.15, 0.2) is 0 Å². The zero-order valence-electron chi connectivity index (χ0n) is 8.32. The van der Waals surface area contributed by atoms with Crippen LogP contribution in [0.25, 0.3) is 0 Å². The van der Waals surface area contributed by atoms with E-state index in [0.29, 0.717) is 5.82 Å². The summed E-state index contributed by atoms with van der Waals surface area (Å²) in [6, 6.07) is 0. The highest BCUT2D eigenvalue weighted by Gasteiger charge is 2.15. The first-order valence-electron chi connectivity index (χ1n) is 4.83. The van der Waals surface area contributed by atoms with Crippen molar-refractivity contribution in [3.63, 3.8) is 0 Å². The van der Waals surface area contributed by atoms with Gasteiger partial charge >= 0.3 is 0 Å². The van der Waals surface area contributed by atoms with Gasteiger partial charge in [-0.2, -0.15) is 16.1 Å². The lowest BCUT2D eigenvalue weighted by Crippen LogP contribution is -2.25. The second-order valence-electron chi connectivity index (χ2n) is 3.45. The molecular weight excluding hydrogens is 214 g/mol. The fraction of sp³-hybridized carbons (Fsp3) is 0.667. The SMILES string of the molecule is Cc1c(N)nsc1N1CCCSCC1. The second kappa shape index (κ2) is 4.40.